The van der Waals surface area contributed by atoms with Crippen LogP contribution in [0.2, 0.25) is 0 Å². The fraction of sp³-hybridized carbons (Fsp3) is 0.429. The zero-order chi connectivity index (χ0) is 29.0. The van der Waals surface area contributed by atoms with E-state index >= 15 is 0 Å². The average Bonchev–Trinajstić information content (AvgIpc) is 3.41. The SMILES string of the molecule is NC(=O)c1nn(-c2ccc(N3CCN(CCC4CCNCC4)CC3)cc2)cc1NC(=O)c1cccc(C(F)(F)F)n1. The lowest BCUT2D eigenvalue weighted by Gasteiger charge is -2.37. The number of benzene rings is 1. The van der Waals surface area contributed by atoms with Gasteiger partial charge in [0.1, 0.15) is 11.4 Å². The fourth-order valence-corrected chi connectivity index (χ4v) is 5.27. The van der Waals surface area contributed by atoms with Gasteiger partial charge in [-0.25, -0.2) is 9.67 Å². The number of piperidine rings is 1. The zero-order valence-corrected chi connectivity index (χ0v) is 22.5. The highest BCUT2D eigenvalue weighted by Crippen LogP contribution is 2.28. The number of amides is 2. The Morgan fingerprint density at radius 2 is 1.68 bits per heavy atom. The number of carbonyl (C=O) groups excluding carboxylic acids is 2. The lowest BCUT2D eigenvalue weighted by molar-refractivity contribution is -0.141. The highest BCUT2D eigenvalue weighted by atomic mass is 19.4. The summed E-state index contributed by atoms with van der Waals surface area (Å²) in [5.74, 6) is -1.00. The molecule has 4 N–H and O–H groups in total. The number of nitrogens with two attached hydrogens (primary N) is 1. The molecule has 0 saturated carbocycles. The summed E-state index contributed by atoms with van der Waals surface area (Å²) in [5.41, 5.74) is 5.22. The van der Waals surface area contributed by atoms with Gasteiger partial charge in [0, 0.05) is 31.9 Å². The maximum absolute atomic E-state index is 13.0. The topological polar surface area (TPSA) is 121 Å². The van der Waals surface area contributed by atoms with Gasteiger partial charge in [0.15, 0.2) is 5.69 Å². The molecule has 2 aromatic heterocycles. The third-order valence-corrected chi connectivity index (χ3v) is 7.63. The van der Waals surface area contributed by atoms with Crippen molar-refractivity contribution in [2.45, 2.75) is 25.4 Å². The van der Waals surface area contributed by atoms with Crippen LogP contribution in [0.4, 0.5) is 24.5 Å². The molecular formula is C28H33F3N8O2. The summed E-state index contributed by atoms with van der Waals surface area (Å²) in [6.07, 6.45) is 0.481. The number of carbonyl (C=O) groups is 2. The maximum atomic E-state index is 13.0. The van der Waals surface area contributed by atoms with Crippen LogP contribution in [0.3, 0.4) is 0 Å². The number of primary amides is 1. The van der Waals surface area contributed by atoms with E-state index in [1.165, 1.54) is 30.1 Å². The van der Waals surface area contributed by atoms with E-state index in [2.05, 4.69) is 30.5 Å². The van der Waals surface area contributed by atoms with Crippen LogP contribution in [0.25, 0.3) is 5.69 Å². The first-order valence-corrected chi connectivity index (χ1v) is 13.7. The molecule has 3 aromatic rings. The van der Waals surface area contributed by atoms with Gasteiger partial charge < -0.3 is 21.3 Å². The van der Waals surface area contributed by atoms with Gasteiger partial charge in [-0.1, -0.05) is 6.07 Å². The molecule has 0 spiro atoms. The molecular weight excluding hydrogens is 537 g/mol. The Labute approximate surface area is 235 Å². The molecule has 0 unspecified atom stereocenters. The van der Waals surface area contributed by atoms with E-state index < -0.39 is 29.4 Å². The highest BCUT2D eigenvalue weighted by molar-refractivity contribution is 6.07. The van der Waals surface area contributed by atoms with Crippen molar-refractivity contribution >= 4 is 23.2 Å². The number of piperazine rings is 1. The Hall–Kier alpha value is -3.97. The summed E-state index contributed by atoms with van der Waals surface area (Å²) >= 11 is 0. The van der Waals surface area contributed by atoms with Gasteiger partial charge in [-0.05, 0) is 81.2 Å². The van der Waals surface area contributed by atoms with Gasteiger partial charge in [0.2, 0.25) is 0 Å². The largest absolute Gasteiger partial charge is 0.433 e. The van der Waals surface area contributed by atoms with E-state index in [0.29, 0.717) is 5.69 Å². The summed E-state index contributed by atoms with van der Waals surface area (Å²) in [6, 6.07) is 10.6. The molecule has 41 heavy (non-hydrogen) atoms. The first kappa shape index (κ1) is 28.6. The lowest BCUT2D eigenvalue weighted by atomic mass is 9.94. The van der Waals surface area contributed by atoms with Crippen molar-refractivity contribution in [3.8, 4) is 5.69 Å². The van der Waals surface area contributed by atoms with Crippen LogP contribution < -0.4 is 21.3 Å². The van der Waals surface area contributed by atoms with Gasteiger partial charge in [-0.3, -0.25) is 14.5 Å². The van der Waals surface area contributed by atoms with Crippen LogP contribution in [-0.4, -0.2) is 77.3 Å². The maximum Gasteiger partial charge on any atom is 0.433 e. The molecule has 1 aromatic carbocycles. The number of nitrogens with one attached hydrogen (secondary N) is 2. The van der Waals surface area contributed by atoms with E-state index in [0.717, 1.165) is 75.6 Å². The second-order valence-electron chi connectivity index (χ2n) is 10.4. The van der Waals surface area contributed by atoms with E-state index in [4.69, 9.17) is 5.73 Å². The fourth-order valence-electron chi connectivity index (χ4n) is 5.27. The minimum absolute atomic E-state index is 0.0357. The van der Waals surface area contributed by atoms with Crippen molar-refractivity contribution in [2.24, 2.45) is 11.7 Å². The number of alkyl halides is 3. The minimum atomic E-state index is -4.70. The predicted octanol–water partition coefficient (Wildman–Crippen LogP) is 3.15. The summed E-state index contributed by atoms with van der Waals surface area (Å²) < 4.78 is 40.4. The highest BCUT2D eigenvalue weighted by Gasteiger charge is 2.33. The second-order valence-corrected chi connectivity index (χ2v) is 10.4. The van der Waals surface area contributed by atoms with Crippen molar-refractivity contribution in [2.75, 3.05) is 56.0 Å². The monoisotopic (exact) mass is 570 g/mol. The summed E-state index contributed by atoms with van der Waals surface area (Å²) in [5, 5.41) is 10.0. The average molecular weight is 571 g/mol. The minimum Gasteiger partial charge on any atom is -0.369 e. The number of anilines is 2. The van der Waals surface area contributed by atoms with Gasteiger partial charge in [-0.2, -0.15) is 18.3 Å². The molecule has 0 bridgehead atoms. The van der Waals surface area contributed by atoms with Crippen LogP contribution in [0, 0.1) is 5.92 Å². The predicted molar refractivity (Wildman–Crippen MR) is 148 cm³/mol. The molecule has 0 atom stereocenters. The molecule has 2 aliphatic rings. The van der Waals surface area contributed by atoms with Crippen LogP contribution in [0.1, 0.15) is 45.9 Å². The smallest absolute Gasteiger partial charge is 0.369 e. The molecule has 2 aliphatic heterocycles. The van der Waals surface area contributed by atoms with E-state index in [-0.39, 0.29) is 11.4 Å². The van der Waals surface area contributed by atoms with Crippen molar-refractivity contribution < 1.29 is 22.8 Å². The number of nitrogens with zero attached hydrogens (tertiary/aromatic N) is 5. The second kappa shape index (κ2) is 12.3. The van der Waals surface area contributed by atoms with Crippen LogP contribution in [0.5, 0.6) is 0 Å². The van der Waals surface area contributed by atoms with Gasteiger partial charge in [-0.15, -0.1) is 0 Å². The molecule has 2 saturated heterocycles. The van der Waals surface area contributed by atoms with Crippen molar-refractivity contribution in [1.82, 2.24) is 25.0 Å². The molecule has 2 amide bonds. The molecule has 0 radical (unpaired) electrons. The number of aromatic nitrogens is 3. The quantitative estimate of drug-likeness (QED) is 0.381. The van der Waals surface area contributed by atoms with Crippen molar-refractivity contribution in [3.05, 3.63) is 65.7 Å². The Kier molecular flexibility index (Phi) is 8.54. The molecule has 2 fully saturated rings. The first-order valence-electron chi connectivity index (χ1n) is 13.7. The van der Waals surface area contributed by atoms with E-state index in [9.17, 15) is 22.8 Å². The summed E-state index contributed by atoms with van der Waals surface area (Å²) in [7, 11) is 0. The van der Waals surface area contributed by atoms with E-state index in [1.807, 2.05) is 24.3 Å². The molecule has 0 aliphatic carbocycles. The molecule has 4 heterocycles. The van der Waals surface area contributed by atoms with Gasteiger partial charge in [0.05, 0.1) is 17.6 Å². The standard InChI is InChI=1S/C28H33F3N8O2/c29-28(30,31)24-3-1-2-22(34-24)27(41)35-23-18-39(36-25(23)26(32)40)21-6-4-20(5-7-21)38-16-14-37(15-17-38)13-10-19-8-11-33-12-9-19/h1-7,18-19,33H,8-17H2,(H2,32,40)(H,35,41). The van der Waals surface area contributed by atoms with Crippen molar-refractivity contribution in [3.63, 3.8) is 0 Å². The first-order chi connectivity index (χ1) is 19.7. The number of hydrogen-bond donors (Lipinski definition) is 3. The molecule has 218 valence electrons. The number of pyridine rings is 1. The molecule has 10 nitrogen and oxygen atoms in total. The molecule has 5 rings (SSSR count). The lowest BCUT2D eigenvalue weighted by Crippen LogP contribution is -2.47. The van der Waals surface area contributed by atoms with Crippen LogP contribution >= 0.6 is 0 Å². The Bertz CT molecular complexity index is 1360. The van der Waals surface area contributed by atoms with Crippen LogP contribution in [0.15, 0.2) is 48.7 Å². The number of rotatable bonds is 8. The zero-order valence-electron chi connectivity index (χ0n) is 22.5. The Morgan fingerprint density at radius 3 is 2.34 bits per heavy atom. The third-order valence-electron chi connectivity index (χ3n) is 7.63. The van der Waals surface area contributed by atoms with Crippen molar-refractivity contribution in [1.29, 1.82) is 0 Å². The Balaban J connectivity index is 1.21. The summed E-state index contributed by atoms with van der Waals surface area (Å²) in [6.45, 7) is 7.28. The normalized spacial score (nSPS) is 17.0. The van der Waals surface area contributed by atoms with Gasteiger partial charge >= 0.3 is 6.18 Å². The van der Waals surface area contributed by atoms with E-state index in [1.54, 1.807) is 0 Å². The summed E-state index contributed by atoms with van der Waals surface area (Å²) in [4.78, 5) is 32.9. The number of hydrogen-bond acceptors (Lipinski definition) is 7. The third kappa shape index (κ3) is 7.03. The Morgan fingerprint density at radius 1 is 1.00 bits per heavy atom. The molecule has 13 heteroatoms. The number of halogens is 3. The van der Waals surface area contributed by atoms with Crippen LogP contribution in [-0.2, 0) is 6.18 Å². The van der Waals surface area contributed by atoms with Gasteiger partial charge in [0.25, 0.3) is 11.8 Å².